The Bertz CT molecular complexity index is 536. The van der Waals surface area contributed by atoms with E-state index in [2.05, 4.69) is 5.32 Å². The van der Waals surface area contributed by atoms with Crippen LogP contribution < -0.4 is 10.1 Å². The molecule has 1 fully saturated rings. The largest absolute Gasteiger partial charge is 0.504 e. The van der Waals surface area contributed by atoms with Gasteiger partial charge < -0.3 is 20.3 Å². The maximum absolute atomic E-state index is 12.0. The van der Waals surface area contributed by atoms with Crippen LogP contribution in [-0.2, 0) is 4.79 Å². The number of rotatable bonds is 5. The molecule has 1 saturated carbocycles. The second-order valence-electron chi connectivity index (χ2n) is 4.98. The van der Waals surface area contributed by atoms with Gasteiger partial charge in [0.15, 0.2) is 11.5 Å². The molecule has 0 bridgehead atoms. The Hall–Kier alpha value is -2.24. The quantitative estimate of drug-likeness (QED) is 0.757. The zero-order valence-corrected chi connectivity index (χ0v) is 11.2. The van der Waals surface area contributed by atoms with Gasteiger partial charge in [-0.25, -0.2) is 0 Å². The predicted octanol–water partition coefficient (Wildman–Crippen LogP) is 1.39. The third-order valence-electron chi connectivity index (χ3n) is 3.82. The van der Waals surface area contributed by atoms with E-state index in [9.17, 15) is 19.8 Å². The van der Waals surface area contributed by atoms with Gasteiger partial charge in [0.1, 0.15) is 0 Å². The molecule has 0 aliphatic heterocycles. The van der Waals surface area contributed by atoms with Gasteiger partial charge in [-0.1, -0.05) is 12.5 Å². The molecule has 1 aliphatic carbocycles. The van der Waals surface area contributed by atoms with Gasteiger partial charge >= 0.3 is 5.97 Å². The van der Waals surface area contributed by atoms with Crippen LogP contribution in [0, 0.1) is 5.41 Å². The molecular weight excluding hydrogens is 262 g/mol. The summed E-state index contributed by atoms with van der Waals surface area (Å²) in [7, 11) is 1.39. The van der Waals surface area contributed by atoms with Gasteiger partial charge in [-0.15, -0.1) is 0 Å². The number of hydrogen-bond acceptors (Lipinski definition) is 4. The second kappa shape index (κ2) is 5.40. The van der Waals surface area contributed by atoms with Crippen LogP contribution in [0.2, 0.25) is 0 Å². The number of nitrogens with one attached hydrogen (secondary N) is 1. The number of carboxylic acid groups (broad SMARTS) is 1. The molecule has 20 heavy (non-hydrogen) atoms. The fourth-order valence-corrected chi connectivity index (χ4v) is 2.28. The van der Waals surface area contributed by atoms with Crippen molar-refractivity contribution in [1.29, 1.82) is 0 Å². The summed E-state index contributed by atoms with van der Waals surface area (Å²) in [4.78, 5) is 23.2. The van der Waals surface area contributed by atoms with Crippen LogP contribution in [0.4, 0.5) is 0 Å². The summed E-state index contributed by atoms with van der Waals surface area (Å²) < 4.78 is 4.93. The molecule has 108 valence electrons. The molecule has 0 atom stereocenters. The number of benzene rings is 1. The average molecular weight is 279 g/mol. The van der Waals surface area contributed by atoms with Crippen LogP contribution in [0.15, 0.2) is 18.2 Å². The molecule has 1 aromatic carbocycles. The Morgan fingerprint density at radius 3 is 2.60 bits per heavy atom. The number of methoxy groups -OCH3 is 1. The van der Waals surface area contributed by atoms with Gasteiger partial charge in [0.2, 0.25) is 0 Å². The molecule has 2 rings (SSSR count). The van der Waals surface area contributed by atoms with Crippen LogP contribution >= 0.6 is 0 Å². The Morgan fingerprint density at radius 2 is 2.10 bits per heavy atom. The monoisotopic (exact) mass is 279 g/mol. The van der Waals surface area contributed by atoms with Gasteiger partial charge in [-0.3, -0.25) is 9.59 Å². The summed E-state index contributed by atoms with van der Waals surface area (Å²) in [6, 6.07) is 4.59. The molecule has 1 aromatic rings. The predicted molar refractivity (Wildman–Crippen MR) is 70.9 cm³/mol. The van der Waals surface area contributed by atoms with Crippen molar-refractivity contribution >= 4 is 11.9 Å². The number of carbonyl (C=O) groups is 2. The van der Waals surface area contributed by atoms with Crippen LogP contribution in [0.3, 0.4) is 0 Å². The van der Waals surface area contributed by atoms with E-state index in [0.717, 1.165) is 6.42 Å². The molecule has 1 aliphatic rings. The number of phenolic OH excluding ortho intramolecular Hbond substituents is 1. The Labute approximate surface area is 116 Å². The van der Waals surface area contributed by atoms with Gasteiger partial charge in [-0.2, -0.15) is 0 Å². The lowest BCUT2D eigenvalue weighted by Crippen LogP contribution is -2.47. The van der Waals surface area contributed by atoms with Crippen molar-refractivity contribution in [2.24, 2.45) is 5.41 Å². The molecule has 0 saturated heterocycles. The number of hydrogen-bond donors (Lipinski definition) is 3. The SMILES string of the molecule is COc1cccc(C(=O)NCC2(C(=O)O)CCC2)c1O. The van der Waals surface area contributed by atoms with Crippen molar-refractivity contribution in [3.63, 3.8) is 0 Å². The van der Waals surface area contributed by atoms with Crippen LogP contribution in [0.25, 0.3) is 0 Å². The lowest BCUT2D eigenvalue weighted by molar-refractivity contribution is -0.153. The smallest absolute Gasteiger partial charge is 0.311 e. The van der Waals surface area contributed by atoms with E-state index in [4.69, 9.17) is 4.74 Å². The van der Waals surface area contributed by atoms with E-state index >= 15 is 0 Å². The Kier molecular flexibility index (Phi) is 3.83. The maximum atomic E-state index is 12.0. The second-order valence-corrected chi connectivity index (χ2v) is 4.98. The van der Waals surface area contributed by atoms with Gasteiger partial charge in [-0.05, 0) is 25.0 Å². The summed E-state index contributed by atoms with van der Waals surface area (Å²) in [5, 5.41) is 21.6. The first-order valence-corrected chi connectivity index (χ1v) is 6.38. The zero-order valence-electron chi connectivity index (χ0n) is 11.2. The topological polar surface area (TPSA) is 95.9 Å². The fourth-order valence-electron chi connectivity index (χ4n) is 2.28. The van der Waals surface area contributed by atoms with Crippen LogP contribution in [0.5, 0.6) is 11.5 Å². The highest BCUT2D eigenvalue weighted by Gasteiger charge is 2.44. The minimum atomic E-state index is -0.890. The highest BCUT2D eigenvalue weighted by Crippen LogP contribution is 2.40. The first-order valence-electron chi connectivity index (χ1n) is 6.38. The number of aromatic hydroxyl groups is 1. The number of aliphatic carboxylic acids is 1. The maximum Gasteiger partial charge on any atom is 0.311 e. The van der Waals surface area contributed by atoms with Crippen molar-refractivity contribution < 1.29 is 24.5 Å². The van der Waals surface area contributed by atoms with Crippen molar-refractivity contribution in [3.05, 3.63) is 23.8 Å². The summed E-state index contributed by atoms with van der Waals surface area (Å²) in [6.07, 6.45) is 1.98. The molecule has 3 N–H and O–H groups in total. The lowest BCUT2D eigenvalue weighted by atomic mass is 9.69. The first-order chi connectivity index (χ1) is 9.50. The number of carboxylic acids is 1. The van der Waals surface area contributed by atoms with E-state index < -0.39 is 17.3 Å². The van der Waals surface area contributed by atoms with E-state index in [-0.39, 0.29) is 23.6 Å². The van der Waals surface area contributed by atoms with E-state index in [1.165, 1.54) is 19.2 Å². The third kappa shape index (κ3) is 2.41. The number of phenols is 1. The molecular formula is C14H17NO5. The number of amides is 1. The van der Waals surface area contributed by atoms with E-state index in [1.54, 1.807) is 6.07 Å². The summed E-state index contributed by atoms with van der Waals surface area (Å²) in [6.45, 7) is 0.0673. The van der Waals surface area contributed by atoms with Crippen molar-refractivity contribution in [1.82, 2.24) is 5.32 Å². The number of para-hydroxylation sites is 1. The van der Waals surface area contributed by atoms with Crippen LogP contribution in [0.1, 0.15) is 29.6 Å². The molecule has 0 aromatic heterocycles. The molecule has 0 heterocycles. The lowest BCUT2D eigenvalue weighted by Gasteiger charge is -2.37. The molecule has 6 nitrogen and oxygen atoms in total. The fraction of sp³-hybridized carbons (Fsp3) is 0.429. The minimum absolute atomic E-state index is 0.0673. The summed E-state index contributed by atoms with van der Waals surface area (Å²) >= 11 is 0. The summed E-state index contributed by atoms with van der Waals surface area (Å²) in [5.41, 5.74) is -0.784. The van der Waals surface area contributed by atoms with Gasteiger partial charge in [0, 0.05) is 6.54 Å². The normalized spacial score (nSPS) is 16.1. The third-order valence-corrected chi connectivity index (χ3v) is 3.82. The molecule has 0 radical (unpaired) electrons. The van der Waals surface area contributed by atoms with Gasteiger partial charge in [0.05, 0.1) is 18.1 Å². The number of carbonyl (C=O) groups excluding carboxylic acids is 1. The zero-order chi connectivity index (χ0) is 14.8. The molecule has 0 spiro atoms. The highest BCUT2D eigenvalue weighted by atomic mass is 16.5. The minimum Gasteiger partial charge on any atom is -0.504 e. The highest BCUT2D eigenvalue weighted by molar-refractivity contribution is 5.98. The van der Waals surface area contributed by atoms with E-state index in [0.29, 0.717) is 12.8 Å². The standard InChI is InChI=1S/C14H17NO5/c1-20-10-5-2-4-9(11(10)16)12(17)15-8-14(13(18)19)6-3-7-14/h2,4-5,16H,3,6-8H2,1H3,(H,15,17)(H,18,19). The van der Waals surface area contributed by atoms with Crippen molar-refractivity contribution in [2.75, 3.05) is 13.7 Å². The molecule has 1 amide bonds. The Balaban J connectivity index is 2.08. The Morgan fingerprint density at radius 1 is 1.40 bits per heavy atom. The van der Waals surface area contributed by atoms with Crippen molar-refractivity contribution in [2.45, 2.75) is 19.3 Å². The molecule has 6 heteroatoms. The first kappa shape index (κ1) is 14.2. The average Bonchev–Trinajstić information content (AvgIpc) is 2.37. The van der Waals surface area contributed by atoms with Crippen LogP contribution in [-0.4, -0.2) is 35.7 Å². The van der Waals surface area contributed by atoms with Gasteiger partial charge in [0.25, 0.3) is 5.91 Å². The summed E-state index contributed by atoms with van der Waals surface area (Å²) in [5.74, 6) is -1.44. The number of ether oxygens (including phenoxy) is 1. The van der Waals surface area contributed by atoms with E-state index in [1.807, 2.05) is 0 Å². The van der Waals surface area contributed by atoms with Crippen molar-refractivity contribution in [3.8, 4) is 11.5 Å². The molecule has 0 unspecified atom stereocenters.